The molecule has 1 heterocycles. The Hall–Kier alpha value is -2.64. The van der Waals surface area contributed by atoms with Gasteiger partial charge in [-0.3, -0.25) is 14.4 Å². The van der Waals surface area contributed by atoms with Crippen molar-refractivity contribution in [3.05, 3.63) is 18.2 Å². The van der Waals surface area contributed by atoms with E-state index in [1.807, 2.05) is 6.26 Å². The average Bonchev–Trinajstić information content (AvgIpc) is 3.21. The van der Waals surface area contributed by atoms with E-state index in [4.69, 9.17) is 5.73 Å². The lowest BCUT2D eigenvalue weighted by atomic mass is 10.1. The Morgan fingerprint density at radius 2 is 1.84 bits per heavy atom. The number of aromatic amines is 1. The molecule has 0 saturated carbocycles. The van der Waals surface area contributed by atoms with Gasteiger partial charge in [-0.1, -0.05) is 0 Å². The number of nitrogens with one attached hydrogen (secondary N) is 4. The van der Waals surface area contributed by atoms with Crippen LogP contribution in [0, 0.1) is 0 Å². The number of H-pyrrole nitrogens is 1. The summed E-state index contributed by atoms with van der Waals surface area (Å²) in [5, 5.41) is 26.4. The van der Waals surface area contributed by atoms with Crippen LogP contribution in [-0.2, 0) is 25.6 Å². The molecule has 0 aliphatic carbocycles. The Balaban J connectivity index is 2.72. The number of rotatable bonds is 13. The van der Waals surface area contributed by atoms with Crippen LogP contribution in [0.4, 0.5) is 0 Å². The number of carboxylic acid groups (broad SMARTS) is 1. The molecule has 174 valence electrons. The van der Waals surface area contributed by atoms with E-state index in [-0.39, 0.29) is 6.42 Å². The second kappa shape index (κ2) is 12.9. The maximum atomic E-state index is 12.6. The fraction of sp³-hybridized carbons (Fsp3) is 0.611. The molecule has 5 atom stereocenters. The highest BCUT2D eigenvalue weighted by molar-refractivity contribution is 7.98. The summed E-state index contributed by atoms with van der Waals surface area (Å²) >= 11 is 1.54. The largest absolute Gasteiger partial charge is 0.480 e. The molecule has 1 aromatic heterocycles. The van der Waals surface area contributed by atoms with Gasteiger partial charge in [0.25, 0.3) is 0 Å². The summed E-state index contributed by atoms with van der Waals surface area (Å²) in [4.78, 5) is 55.0. The Morgan fingerprint density at radius 3 is 2.35 bits per heavy atom. The number of carboxylic acids is 1. The van der Waals surface area contributed by atoms with E-state index < -0.39 is 54.0 Å². The van der Waals surface area contributed by atoms with Crippen LogP contribution in [0.15, 0.2) is 12.5 Å². The zero-order chi connectivity index (χ0) is 23.6. The van der Waals surface area contributed by atoms with Crippen molar-refractivity contribution in [2.24, 2.45) is 5.73 Å². The molecule has 0 fully saturated rings. The molecule has 0 saturated heterocycles. The minimum absolute atomic E-state index is 0.0675. The number of aromatic nitrogens is 2. The number of hydrogen-bond acceptors (Lipinski definition) is 8. The van der Waals surface area contributed by atoms with Gasteiger partial charge < -0.3 is 36.9 Å². The summed E-state index contributed by atoms with van der Waals surface area (Å²) in [7, 11) is 0. The fourth-order valence-corrected chi connectivity index (χ4v) is 3.01. The second-order valence-corrected chi connectivity index (χ2v) is 8.01. The molecular formula is C18H30N6O6S. The van der Waals surface area contributed by atoms with Crippen molar-refractivity contribution in [2.45, 2.75) is 57.0 Å². The van der Waals surface area contributed by atoms with E-state index in [2.05, 4.69) is 25.9 Å². The first-order valence-electron chi connectivity index (χ1n) is 9.60. The highest BCUT2D eigenvalue weighted by Crippen LogP contribution is 2.03. The van der Waals surface area contributed by atoms with Crippen LogP contribution in [0.25, 0.3) is 0 Å². The highest BCUT2D eigenvalue weighted by Gasteiger charge is 2.31. The third kappa shape index (κ3) is 8.94. The first kappa shape index (κ1) is 26.4. The van der Waals surface area contributed by atoms with Gasteiger partial charge in [-0.25, -0.2) is 9.78 Å². The number of thioether (sulfide) groups is 1. The number of nitrogens with zero attached hydrogens (tertiary/aromatic N) is 1. The third-order valence-electron chi connectivity index (χ3n) is 4.38. The average molecular weight is 459 g/mol. The summed E-state index contributed by atoms with van der Waals surface area (Å²) in [6.07, 6.45) is 3.72. The van der Waals surface area contributed by atoms with Gasteiger partial charge in [0.2, 0.25) is 17.7 Å². The van der Waals surface area contributed by atoms with Gasteiger partial charge in [0.15, 0.2) is 0 Å². The first-order chi connectivity index (χ1) is 14.6. The number of carbonyl (C=O) groups is 4. The zero-order valence-electron chi connectivity index (χ0n) is 17.6. The molecule has 5 unspecified atom stereocenters. The molecule has 31 heavy (non-hydrogen) atoms. The number of nitrogens with two attached hydrogens (primary N) is 1. The van der Waals surface area contributed by atoms with E-state index >= 15 is 0 Å². The van der Waals surface area contributed by atoms with E-state index in [1.165, 1.54) is 38.1 Å². The molecular weight excluding hydrogens is 428 g/mol. The lowest BCUT2D eigenvalue weighted by Crippen LogP contribution is -2.59. The maximum absolute atomic E-state index is 12.6. The summed E-state index contributed by atoms with van der Waals surface area (Å²) in [5.74, 6) is -2.74. The number of amides is 3. The summed E-state index contributed by atoms with van der Waals surface area (Å²) < 4.78 is 0. The lowest BCUT2D eigenvalue weighted by Gasteiger charge is -2.25. The van der Waals surface area contributed by atoms with Gasteiger partial charge >= 0.3 is 5.97 Å². The van der Waals surface area contributed by atoms with Gasteiger partial charge in [0.1, 0.15) is 18.1 Å². The number of aliphatic hydroxyl groups is 1. The van der Waals surface area contributed by atoms with Crippen LogP contribution < -0.4 is 21.7 Å². The van der Waals surface area contributed by atoms with E-state index in [1.54, 1.807) is 0 Å². The summed E-state index contributed by atoms with van der Waals surface area (Å²) in [6.45, 7) is 2.68. The van der Waals surface area contributed by atoms with Crippen molar-refractivity contribution in [3.63, 3.8) is 0 Å². The van der Waals surface area contributed by atoms with Crippen molar-refractivity contribution >= 4 is 35.5 Å². The molecule has 0 aromatic carbocycles. The molecule has 13 heteroatoms. The number of imidazole rings is 1. The van der Waals surface area contributed by atoms with Crippen LogP contribution >= 0.6 is 11.8 Å². The van der Waals surface area contributed by atoms with Gasteiger partial charge in [-0.05, 0) is 32.3 Å². The van der Waals surface area contributed by atoms with Crippen molar-refractivity contribution < 1.29 is 29.4 Å². The van der Waals surface area contributed by atoms with Crippen molar-refractivity contribution in [1.82, 2.24) is 25.9 Å². The van der Waals surface area contributed by atoms with Crippen LogP contribution in [-0.4, -0.2) is 86.2 Å². The number of hydrogen-bond donors (Lipinski definition) is 7. The molecule has 8 N–H and O–H groups in total. The quantitative estimate of drug-likeness (QED) is 0.174. The molecule has 0 radical (unpaired) electrons. The van der Waals surface area contributed by atoms with Crippen molar-refractivity contribution in [3.8, 4) is 0 Å². The number of carbonyl (C=O) groups excluding carboxylic acids is 3. The fourth-order valence-electron chi connectivity index (χ4n) is 2.52. The predicted octanol–water partition coefficient (Wildman–Crippen LogP) is -2.03. The maximum Gasteiger partial charge on any atom is 0.326 e. The molecule has 0 aliphatic rings. The van der Waals surface area contributed by atoms with Gasteiger partial charge in [-0.15, -0.1) is 0 Å². The number of aliphatic hydroxyl groups excluding tert-OH is 1. The minimum Gasteiger partial charge on any atom is -0.480 e. The van der Waals surface area contributed by atoms with Crippen molar-refractivity contribution in [2.75, 3.05) is 12.0 Å². The third-order valence-corrected chi connectivity index (χ3v) is 5.02. The monoisotopic (exact) mass is 458 g/mol. The van der Waals surface area contributed by atoms with E-state index in [0.717, 1.165) is 0 Å². The summed E-state index contributed by atoms with van der Waals surface area (Å²) in [6, 6.07) is -4.54. The molecule has 0 aliphatic heterocycles. The Labute approximate surface area is 184 Å². The topological polar surface area (TPSA) is 200 Å². The molecule has 1 aromatic rings. The molecule has 1 rings (SSSR count). The molecule has 0 bridgehead atoms. The van der Waals surface area contributed by atoms with Gasteiger partial charge in [-0.2, -0.15) is 11.8 Å². The van der Waals surface area contributed by atoms with Gasteiger partial charge in [0.05, 0.1) is 18.5 Å². The summed E-state index contributed by atoms with van der Waals surface area (Å²) in [5.41, 5.74) is 6.25. The minimum atomic E-state index is -1.43. The first-order valence-corrected chi connectivity index (χ1v) is 11.0. The Kier molecular flexibility index (Phi) is 11.0. The Morgan fingerprint density at radius 1 is 1.16 bits per heavy atom. The smallest absolute Gasteiger partial charge is 0.326 e. The van der Waals surface area contributed by atoms with Gasteiger partial charge in [0, 0.05) is 18.3 Å². The Bertz CT molecular complexity index is 744. The molecule has 12 nitrogen and oxygen atoms in total. The zero-order valence-corrected chi connectivity index (χ0v) is 18.4. The second-order valence-electron chi connectivity index (χ2n) is 7.03. The van der Waals surface area contributed by atoms with E-state index in [9.17, 15) is 29.4 Å². The van der Waals surface area contributed by atoms with Crippen LogP contribution in [0.1, 0.15) is 26.0 Å². The van der Waals surface area contributed by atoms with Crippen molar-refractivity contribution in [1.29, 1.82) is 0 Å². The van der Waals surface area contributed by atoms with Crippen LogP contribution in [0.3, 0.4) is 0 Å². The predicted molar refractivity (Wildman–Crippen MR) is 114 cm³/mol. The standard InChI is InChI=1S/C18H30N6O6S/c1-9(22-16(27)12(19)4-5-31-3)15(26)24-14(10(2)25)17(28)23-13(18(29)30)6-11-7-20-8-21-11/h7-10,12-14,25H,4-6,19H2,1-3H3,(H,20,21)(H,22,27)(H,23,28)(H,24,26)(H,29,30). The van der Waals surface area contributed by atoms with Crippen LogP contribution in [0.5, 0.6) is 0 Å². The molecule has 0 spiro atoms. The number of aliphatic carboxylic acids is 1. The molecule has 3 amide bonds. The van der Waals surface area contributed by atoms with Crippen LogP contribution in [0.2, 0.25) is 0 Å². The highest BCUT2D eigenvalue weighted by atomic mass is 32.2. The normalized spacial score (nSPS) is 15.8. The SMILES string of the molecule is CSCCC(N)C(=O)NC(C)C(=O)NC(C(=O)NC(Cc1cnc[nH]1)C(=O)O)C(C)O. The lowest BCUT2D eigenvalue weighted by molar-refractivity contribution is -0.143. The van der Waals surface area contributed by atoms with E-state index in [0.29, 0.717) is 17.9 Å².